The molecular formula is C18H28N8O6. The number of alkyl carbamates (subject to hydrolysis) is 1. The van der Waals surface area contributed by atoms with Gasteiger partial charge >= 0.3 is 12.1 Å². The fourth-order valence-corrected chi connectivity index (χ4v) is 2.76. The Balaban J connectivity index is 2.12. The molecule has 0 spiro atoms. The van der Waals surface area contributed by atoms with Crippen LogP contribution >= 0.6 is 0 Å². The monoisotopic (exact) mass is 452 g/mol. The quantitative estimate of drug-likeness (QED) is 0.310. The summed E-state index contributed by atoms with van der Waals surface area (Å²) in [4.78, 5) is 47.9. The van der Waals surface area contributed by atoms with Gasteiger partial charge < -0.3 is 35.9 Å². The Kier molecular flexibility index (Phi) is 7.88. The molecule has 0 aliphatic rings. The second kappa shape index (κ2) is 10.2. The Morgan fingerprint density at radius 1 is 1.31 bits per heavy atom. The van der Waals surface area contributed by atoms with Crippen LogP contribution in [0.5, 0.6) is 0 Å². The number of anilines is 2. The third-order valence-electron chi connectivity index (χ3n) is 3.96. The number of carbonyl (C=O) groups excluding carboxylic acids is 2. The third kappa shape index (κ3) is 7.31. The number of aliphatic hydroxyl groups is 1. The van der Waals surface area contributed by atoms with Crippen LogP contribution in [0, 0.1) is 0 Å². The van der Waals surface area contributed by atoms with Crippen LogP contribution in [0.4, 0.5) is 16.6 Å². The highest BCUT2D eigenvalue weighted by Crippen LogP contribution is 2.20. The highest BCUT2D eigenvalue weighted by atomic mass is 16.6. The van der Waals surface area contributed by atoms with E-state index in [0.717, 1.165) is 0 Å². The number of rotatable bonds is 9. The maximum atomic E-state index is 11.8. The summed E-state index contributed by atoms with van der Waals surface area (Å²) in [5.74, 6) is -1.51. The molecule has 14 nitrogen and oxygen atoms in total. The number of fused-ring (bicyclic) bond motifs is 1. The Morgan fingerprint density at radius 3 is 2.59 bits per heavy atom. The van der Waals surface area contributed by atoms with E-state index in [1.165, 1.54) is 22.7 Å². The van der Waals surface area contributed by atoms with Crippen LogP contribution in [-0.2, 0) is 20.9 Å². The minimum absolute atomic E-state index is 0.0353. The fraction of sp³-hybridized carbons (Fsp3) is 0.556. The van der Waals surface area contributed by atoms with Gasteiger partial charge in [0.15, 0.2) is 17.0 Å². The average Bonchev–Trinajstić information content (AvgIpc) is 3.01. The molecule has 2 rings (SSSR count). The number of aliphatic carboxylic acids is 1. The first-order valence-corrected chi connectivity index (χ1v) is 9.72. The molecule has 0 aromatic carbocycles. The van der Waals surface area contributed by atoms with Crippen LogP contribution < -0.4 is 16.4 Å². The van der Waals surface area contributed by atoms with Crippen molar-refractivity contribution in [1.82, 2.24) is 29.7 Å². The number of hydrogen-bond donors (Lipinski definition) is 5. The lowest BCUT2D eigenvalue weighted by atomic mass is 10.2. The van der Waals surface area contributed by atoms with Gasteiger partial charge in [-0.25, -0.2) is 9.78 Å². The number of imidazole rings is 1. The van der Waals surface area contributed by atoms with E-state index in [-0.39, 0.29) is 48.5 Å². The van der Waals surface area contributed by atoms with Crippen molar-refractivity contribution in [3.05, 3.63) is 6.33 Å². The maximum absolute atomic E-state index is 11.8. The van der Waals surface area contributed by atoms with E-state index < -0.39 is 30.4 Å². The molecule has 32 heavy (non-hydrogen) atoms. The number of carboxylic acids is 1. The zero-order valence-corrected chi connectivity index (χ0v) is 18.3. The SMILES string of the molecule is CC(=O)Nc1nc(N)nc2c1ncn2CC(O)N(CCNC(=O)OC(C)(C)C)CC(=O)O. The molecule has 1 atom stereocenters. The Hall–Kier alpha value is -3.52. The highest BCUT2D eigenvalue weighted by molar-refractivity contribution is 5.96. The van der Waals surface area contributed by atoms with Crippen LogP contribution in [0.2, 0.25) is 0 Å². The molecule has 6 N–H and O–H groups in total. The van der Waals surface area contributed by atoms with Gasteiger partial charge in [0.25, 0.3) is 0 Å². The number of ether oxygens (including phenoxy) is 1. The summed E-state index contributed by atoms with van der Waals surface area (Å²) in [6.45, 7) is 5.96. The lowest BCUT2D eigenvalue weighted by Crippen LogP contribution is -2.46. The minimum Gasteiger partial charge on any atom is -0.480 e. The molecule has 0 saturated carbocycles. The molecule has 1 unspecified atom stereocenters. The second-order valence-corrected chi connectivity index (χ2v) is 7.95. The van der Waals surface area contributed by atoms with E-state index in [9.17, 15) is 24.6 Å². The van der Waals surface area contributed by atoms with Crippen molar-refractivity contribution in [3.8, 4) is 0 Å². The van der Waals surface area contributed by atoms with Gasteiger partial charge in [-0.1, -0.05) is 0 Å². The largest absolute Gasteiger partial charge is 0.480 e. The van der Waals surface area contributed by atoms with Gasteiger partial charge in [0.2, 0.25) is 11.9 Å². The summed E-state index contributed by atoms with van der Waals surface area (Å²) < 4.78 is 6.59. The van der Waals surface area contributed by atoms with Crippen molar-refractivity contribution >= 4 is 40.9 Å². The Labute approximate surface area is 183 Å². The van der Waals surface area contributed by atoms with Crippen molar-refractivity contribution < 1.29 is 29.3 Å². The molecule has 2 aromatic heterocycles. The highest BCUT2D eigenvalue weighted by Gasteiger charge is 2.22. The smallest absolute Gasteiger partial charge is 0.407 e. The molecule has 14 heteroatoms. The molecule has 2 aromatic rings. The number of nitrogens with zero attached hydrogens (tertiary/aromatic N) is 5. The molecule has 0 bridgehead atoms. The molecule has 2 heterocycles. The van der Waals surface area contributed by atoms with E-state index in [0.29, 0.717) is 0 Å². The van der Waals surface area contributed by atoms with Gasteiger partial charge in [-0.15, -0.1) is 0 Å². The summed E-state index contributed by atoms with van der Waals surface area (Å²) in [5.41, 5.74) is 5.55. The number of hydrogen-bond acceptors (Lipinski definition) is 10. The lowest BCUT2D eigenvalue weighted by Gasteiger charge is -2.27. The minimum atomic E-state index is -1.26. The van der Waals surface area contributed by atoms with Crippen molar-refractivity contribution in [2.75, 3.05) is 30.7 Å². The number of carbonyl (C=O) groups is 3. The van der Waals surface area contributed by atoms with E-state index in [1.54, 1.807) is 20.8 Å². The predicted molar refractivity (Wildman–Crippen MR) is 113 cm³/mol. The number of aliphatic hydroxyl groups excluding tert-OH is 1. The van der Waals surface area contributed by atoms with Gasteiger partial charge in [-0.3, -0.25) is 14.5 Å². The molecule has 0 fully saturated rings. The first-order chi connectivity index (χ1) is 14.9. The van der Waals surface area contributed by atoms with Crippen LogP contribution in [0.1, 0.15) is 27.7 Å². The molecule has 176 valence electrons. The van der Waals surface area contributed by atoms with Crippen LogP contribution in [0.15, 0.2) is 6.33 Å². The lowest BCUT2D eigenvalue weighted by molar-refractivity contribution is -0.141. The molecule has 0 aliphatic carbocycles. The van der Waals surface area contributed by atoms with E-state index in [1.807, 2.05) is 0 Å². The molecule has 0 aliphatic heterocycles. The molecule has 0 radical (unpaired) electrons. The predicted octanol–water partition coefficient (Wildman–Crippen LogP) is -0.403. The Morgan fingerprint density at radius 2 is 2.00 bits per heavy atom. The number of amides is 2. The summed E-state index contributed by atoms with van der Waals surface area (Å²) in [6, 6.07) is 0. The maximum Gasteiger partial charge on any atom is 0.407 e. The van der Waals surface area contributed by atoms with Gasteiger partial charge in [0.1, 0.15) is 11.8 Å². The number of aromatic nitrogens is 4. The molecule has 2 amide bonds. The van der Waals surface area contributed by atoms with Crippen molar-refractivity contribution in [2.45, 2.75) is 46.1 Å². The normalized spacial score (nSPS) is 12.6. The first-order valence-electron chi connectivity index (χ1n) is 9.72. The van der Waals surface area contributed by atoms with Crippen molar-refractivity contribution in [3.63, 3.8) is 0 Å². The van der Waals surface area contributed by atoms with Gasteiger partial charge in [-0.2, -0.15) is 9.97 Å². The topological polar surface area (TPSA) is 198 Å². The summed E-state index contributed by atoms with van der Waals surface area (Å²) in [5, 5.41) is 24.9. The van der Waals surface area contributed by atoms with E-state index >= 15 is 0 Å². The zero-order valence-electron chi connectivity index (χ0n) is 18.3. The van der Waals surface area contributed by atoms with Crippen molar-refractivity contribution in [1.29, 1.82) is 0 Å². The molecular weight excluding hydrogens is 424 g/mol. The standard InChI is InChI=1S/C18H28N8O6/c1-10(27)22-14-13-15(24-16(19)23-14)26(9-21-13)7-11(28)25(8-12(29)30)6-5-20-17(31)32-18(2,3)4/h9,11,28H,5-8H2,1-4H3,(H,20,31)(H,29,30)(H3,19,22,23,24,27). The number of carboxylic acid groups (broad SMARTS) is 1. The van der Waals surface area contributed by atoms with Gasteiger partial charge in [0, 0.05) is 20.0 Å². The summed E-state index contributed by atoms with van der Waals surface area (Å²) in [7, 11) is 0. The number of nitrogen functional groups attached to an aromatic ring is 1. The van der Waals surface area contributed by atoms with Gasteiger partial charge in [-0.05, 0) is 20.8 Å². The summed E-state index contributed by atoms with van der Waals surface area (Å²) >= 11 is 0. The van der Waals surface area contributed by atoms with Crippen molar-refractivity contribution in [2.24, 2.45) is 0 Å². The van der Waals surface area contributed by atoms with Crippen LogP contribution in [0.25, 0.3) is 11.2 Å². The van der Waals surface area contributed by atoms with Gasteiger partial charge in [0.05, 0.1) is 19.4 Å². The van der Waals surface area contributed by atoms with E-state index in [4.69, 9.17) is 10.5 Å². The second-order valence-electron chi connectivity index (χ2n) is 7.95. The number of nitrogens with two attached hydrogens (primary N) is 1. The number of nitrogens with one attached hydrogen (secondary N) is 2. The summed E-state index contributed by atoms with van der Waals surface area (Å²) in [6.07, 6.45) is -0.546. The molecule has 0 saturated heterocycles. The fourth-order valence-electron chi connectivity index (χ4n) is 2.76. The third-order valence-corrected chi connectivity index (χ3v) is 3.96. The van der Waals surface area contributed by atoms with E-state index in [2.05, 4.69) is 25.6 Å². The van der Waals surface area contributed by atoms with Crippen LogP contribution in [0.3, 0.4) is 0 Å². The first kappa shape index (κ1) is 24.7. The zero-order chi connectivity index (χ0) is 24.1. The van der Waals surface area contributed by atoms with Crippen LogP contribution in [-0.4, -0.2) is 84.1 Å². The Bertz CT molecular complexity index is 986. The average molecular weight is 452 g/mol.